The van der Waals surface area contributed by atoms with Crippen molar-refractivity contribution in [2.45, 2.75) is 24.2 Å². The van der Waals surface area contributed by atoms with Crippen molar-refractivity contribution in [2.75, 3.05) is 26.2 Å². The lowest BCUT2D eigenvalue weighted by atomic mass is 10.2. The molecular formula is C14H20N2O4S. The smallest absolute Gasteiger partial charge is 0.251 e. The molecule has 1 saturated heterocycles. The fourth-order valence-corrected chi connectivity index (χ4v) is 3.82. The first-order valence-corrected chi connectivity index (χ1v) is 8.49. The molecule has 0 radical (unpaired) electrons. The van der Waals surface area contributed by atoms with Gasteiger partial charge >= 0.3 is 0 Å². The zero-order valence-electron chi connectivity index (χ0n) is 11.8. The van der Waals surface area contributed by atoms with Crippen LogP contribution in [0.25, 0.3) is 0 Å². The number of nitrogens with zero attached hydrogens (tertiary/aromatic N) is 1. The van der Waals surface area contributed by atoms with Crippen molar-refractivity contribution in [1.82, 2.24) is 9.62 Å². The van der Waals surface area contributed by atoms with Crippen molar-refractivity contribution in [3.8, 4) is 0 Å². The Balaban J connectivity index is 2.15. The van der Waals surface area contributed by atoms with Crippen LogP contribution in [0.2, 0.25) is 0 Å². The van der Waals surface area contributed by atoms with E-state index in [1.54, 1.807) is 12.1 Å². The Kier molecular flexibility index (Phi) is 5.33. The summed E-state index contributed by atoms with van der Waals surface area (Å²) in [5.41, 5.74) is 0.313. The minimum absolute atomic E-state index is 0.00363. The lowest BCUT2D eigenvalue weighted by molar-refractivity contribution is 0.0951. The number of nitrogens with one attached hydrogen (secondary N) is 1. The first-order valence-electron chi connectivity index (χ1n) is 7.05. The fraction of sp³-hybridized carbons (Fsp3) is 0.500. The average molecular weight is 312 g/mol. The zero-order chi connectivity index (χ0) is 15.3. The summed E-state index contributed by atoms with van der Waals surface area (Å²) in [6, 6.07) is 6.07. The van der Waals surface area contributed by atoms with Crippen LogP contribution in [0.3, 0.4) is 0 Å². The highest BCUT2D eigenvalue weighted by atomic mass is 32.2. The van der Waals surface area contributed by atoms with Crippen LogP contribution in [0.4, 0.5) is 0 Å². The Morgan fingerprint density at radius 3 is 2.67 bits per heavy atom. The molecule has 7 heteroatoms. The molecule has 2 rings (SSSR count). The number of aliphatic hydroxyl groups is 1. The van der Waals surface area contributed by atoms with Crippen molar-refractivity contribution in [1.29, 1.82) is 0 Å². The number of aliphatic hydroxyl groups excluding tert-OH is 1. The summed E-state index contributed by atoms with van der Waals surface area (Å²) < 4.78 is 26.3. The van der Waals surface area contributed by atoms with Gasteiger partial charge in [-0.15, -0.1) is 0 Å². The predicted molar refractivity (Wildman–Crippen MR) is 78.5 cm³/mol. The van der Waals surface area contributed by atoms with Crippen LogP contribution in [0.1, 0.15) is 29.6 Å². The number of carbonyl (C=O) groups excluding carboxylic acids is 1. The summed E-state index contributed by atoms with van der Waals surface area (Å²) in [5.74, 6) is -0.332. The summed E-state index contributed by atoms with van der Waals surface area (Å²) in [4.78, 5) is 12.1. The topological polar surface area (TPSA) is 86.7 Å². The van der Waals surface area contributed by atoms with Crippen molar-refractivity contribution >= 4 is 15.9 Å². The van der Waals surface area contributed by atoms with E-state index in [2.05, 4.69) is 5.32 Å². The molecule has 0 bridgehead atoms. The molecule has 1 amide bonds. The van der Waals surface area contributed by atoms with Gasteiger partial charge < -0.3 is 10.4 Å². The Morgan fingerprint density at radius 1 is 1.29 bits per heavy atom. The van der Waals surface area contributed by atoms with Crippen molar-refractivity contribution < 1.29 is 18.3 Å². The Labute approximate surface area is 124 Å². The van der Waals surface area contributed by atoms with Gasteiger partial charge in [0.1, 0.15) is 0 Å². The van der Waals surface area contributed by atoms with Crippen molar-refractivity contribution in [2.24, 2.45) is 0 Å². The van der Waals surface area contributed by atoms with Gasteiger partial charge in [0.15, 0.2) is 0 Å². The van der Waals surface area contributed by atoms with Gasteiger partial charge in [0.2, 0.25) is 10.0 Å². The van der Waals surface area contributed by atoms with E-state index in [1.165, 1.54) is 16.4 Å². The van der Waals surface area contributed by atoms with Gasteiger partial charge in [-0.05, 0) is 37.5 Å². The second-order valence-electron chi connectivity index (χ2n) is 4.97. The summed E-state index contributed by atoms with van der Waals surface area (Å²) >= 11 is 0. The van der Waals surface area contributed by atoms with Gasteiger partial charge in [0.05, 0.1) is 4.90 Å². The molecule has 0 aromatic heterocycles. The van der Waals surface area contributed by atoms with E-state index in [-0.39, 0.29) is 17.4 Å². The minimum Gasteiger partial charge on any atom is -0.396 e. The Bertz CT molecular complexity index is 595. The lowest BCUT2D eigenvalue weighted by Gasteiger charge is -2.16. The molecule has 0 unspecified atom stereocenters. The first-order chi connectivity index (χ1) is 10.1. The summed E-state index contributed by atoms with van der Waals surface area (Å²) in [6.07, 6.45) is 2.22. The SMILES string of the molecule is O=C(NCCCO)c1cccc(S(=O)(=O)N2CCCC2)c1. The van der Waals surface area contributed by atoms with Crippen LogP contribution >= 0.6 is 0 Å². The maximum absolute atomic E-state index is 12.4. The molecule has 1 aromatic carbocycles. The molecule has 1 heterocycles. The molecule has 0 aliphatic carbocycles. The molecule has 1 aromatic rings. The number of hydrogen-bond donors (Lipinski definition) is 2. The van der Waals surface area contributed by atoms with Crippen LogP contribution < -0.4 is 5.32 Å². The first kappa shape index (κ1) is 15.9. The number of benzene rings is 1. The molecule has 0 spiro atoms. The molecule has 116 valence electrons. The molecule has 0 atom stereocenters. The summed E-state index contributed by atoms with van der Waals surface area (Å²) in [5, 5.41) is 11.3. The molecule has 6 nitrogen and oxygen atoms in total. The Hall–Kier alpha value is -1.44. The fourth-order valence-electron chi connectivity index (χ4n) is 2.26. The minimum atomic E-state index is -3.51. The maximum atomic E-state index is 12.4. The van der Waals surface area contributed by atoms with E-state index < -0.39 is 10.0 Å². The van der Waals surface area contributed by atoms with Gasteiger partial charge in [-0.2, -0.15) is 4.31 Å². The highest BCUT2D eigenvalue weighted by molar-refractivity contribution is 7.89. The van der Waals surface area contributed by atoms with E-state index in [1.807, 2.05) is 0 Å². The normalized spacial score (nSPS) is 16.0. The number of rotatable bonds is 6. The van der Waals surface area contributed by atoms with Crippen molar-refractivity contribution in [3.05, 3.63) is 29.8 Å². The molecule has 1 aliphatic rings. The molecule has 21 heavy (non-hydrogen) atoms. The summed E-state index contributed by atoms with van der Waals surface area (Å²) in [6.45, 7) is 1.44. The van der Waals surface area contributed by atoms with Crippen LogP contribution in [0.5, 0.6) is 0 Å². The van der Waals surface area contributed by atoms with E-state index in [9.17, 15) is 13.2 Å². The van der Waals surface area contributed by atoms with Crippen LogP contribution in [0.15, 0.2) is 29.2 Å². The highest BCUT2D eigenvalue weighted by Crippen LogP contribution is 2.21. The molecule has 1 fully saturated rings. The van der Waals surface area contributed by atoms with Crippen LogP contribution in [-0.2, 0) is 10.0 Å². The quantitative estimate of drug-likeness (QED) is 0.753. The van der Waals surface area contributed by atoms with Gasteiger partial charge in [-0.1, -0.05) is 6.07 Å². The second-order valence-corrected chi connectivity index (χ2v) is 6.91. The molecule has 2 N–H and O–H groups in total. The largest absolute Gasteiger partial charge is 0.396 e. The zero-order valence-corrected chi connectivity index (χ0v) is 12.6. The van der Waals surface area contributed by atoms with Gasteiger partial charge in [-0.3, -0.25) is 4.79 Å². The molecule has 0 saturated carbocycles. The lowest BCUT2D eigenvalue weighted by Crippen LogP contribution is -2.29. The van der Waals surface area contributed by atoms with Gasteiger partial charge in [0, 0.05) is 31.8 Å². The molecule has 1 aliphatic heterocycles. The number of amides is 1. The van der Waals surface area contributed by atoms with Crippen LogP contribution in [-0.4, -0.2) is 50.0 Å². The highest BCUT2D eigenvalue weighted by Gasteiger charge is 2.27. The summed E-state index contributed by atoms with van der Waals surface area (Å²) in [7, 11) is -3.51. The number of hydrogen-bond acceptors (Lipinski definition) is 4. The third-order valence-corrected chi connectivity index (χ3v) is 5.31. The van der Waals surface area contributed by atoms with E-state index >= 15 is 0 Å². The second kappa shape index (κ2) is 7.02. The monoisotopic (exact) mass is 312 g/mol. The third-order valence-electron chi connectivity index (χ3n) is 3.42. The van der Waals surface area contributed by atoms with Crippen molar-refractivity contribution in [3.63, 3.8) is 0 Å². The third kappa shape index (κ3) is 3.81. The number of carbonyl (C=O) groups is 1. The Morgan fingerprint density at radius 2 is 2.00 bits per heavy atom. The molecular weight excluding hydrogens is 292 g/mol. The maximum Gasteiger partial charge on any atom is 0.251 e. The average Bonchev–Trinajstić information content (AvgIpc) is 3.02. The van der Waals surface area contributed by atoms with Crippen LogP contribution in [0, 0.1) is 0 Å². The standard InChI is InChI=1S/C14H20N2O4S/c17-10-4-7-15-14(18)12-5-3-6-13(11-12)21(19,20)16-8-1-2-9-16/h3,5-6,11,17H,1-2,4,7-10H2,(H,15,18). The predicted octanol–water partition coefficient (Wildman–Crippen LogP) is 0.583. The van der Waals surface area contributed by atoms with E-state index in [0.29, 0.717) is 31.6 Å². The van der Waals surface area contributed by atoms with E-state index in [0.717, 1.165) is 12.8 Å². The number of sulfonamides is 1. The van der Waals surface area contributed by atoms with Gasteiger partial charge in [0.25, 0.3) is 5.91 Å². The van der Waals surface area contributed by atoms with Gasteiger partial charge in [-0.25, -0.2) is 8.42 Å². The van der Waals surface area contributed by atoms with E-state index in [4.69, 9.17) is 5.11 Å².